The monoisotopic (exact) mass is 347 g/mol. The molecule has 0 spiro atoms. The van der Waals surface area contributed by atoms with Crippen LogP contribution in [0.1, 0.15) is 13.3 Å². The lowest BCUT2D eigenvalue weighted by molar-refractivity contribution is -0.125. The van der Waals surface area contributed by atoms with Gasteiger partial charge in [0.15, 0.2) is 0 Å². The summed E-state index contributed by atoms with van der Waals surface area (Å²) >= 11 is 5.68. The Kier molecular flexibility index (Phi) is 7.30. The summed E-state index contributed by atoms with van der Waals surface area (Å²) in [5.74, 6) is -0.917. The molecule has 0 unspecified atom stereocenters. The van der Waals surface area contributed by atoms with Gasteiger partial charge in [-0.05, 0) is 30.7 Å². The first-order chi connectivity index (χ1) is 10.3. The number of sulfonamides is 1. The Labute approximate surface area is 134 Å². The molecule has 122 valence electrons. The summed E-state index contributed by atoms with van der Waals surface area (Å²) in [6.45, 7) is 1.79. The minimum Gasteiger partial charge on any atom is -0.355 e. The van der Waals surface area contributed by atoms with Gasteiger partial charge < -0.3 is 10.6 Å². The van der Waals surface area contributed by atoms with Gasteiger partial charge in [-0.25, -0.2) is 13.1 Å². The van der Waals surface area contributed by atoms with E-state index in [0.717, 1.165) is 6.42 Å². The molecular formula is C13H18ClN3O4S. The fraction of sp³-hybridized carbons (Fsp3) is 0.385. The fourth-order valence-corrected chi connectivity index (χ4v) is 2.53. The number of amides is 2. The van der Waals surface area contributed by atoms with Gasteiger partial charge in [0.25, 0.3) is 0 Å². The van der Waals surface area contributed by atoms with Gasteiger partial charge in [0.2, 0.25) is 21.8 Å². The summed E-state index contributed by atoms with van der Waals surface area (Å²) in [5.41, 5.74) is 0. The van der Waals surface area contributed by atoms with Crippen molar-refractivity contribution in [2.24, 2.45) is 0 Å². The van der Waals surface area contributed by atoms with Crippen LogP contribution in [-0.4, -0.2) is 39.9 Å². The zero-order valence-electron chi connectivity index (χ0n) is 12.1. The maximum atomic E-state index is 11.9. The first kappa shape index (κ1) is 18.4. The quantitative estimate of drug-likeness (QED) is 0.627. The van der Waals surface area contributed by atoms with E-state index in [2.05, 4.69) is 15.4 Å². The van der Waals surface area contributed by atoms with Crippen molar-refractivity contribution in [3.8, 4) is 0 Å². The maximum absolute atomic E-state index is 11.9. The number of carbonyl (C=O) groups is 2. The van der Waals surface area contributed by atoms with Gasteiger partial charge >= 0.3 is 0 Å². The van der Waals surface area contributed by atoms with Crippen LogP contribution in [0, 0.1) is 0 Å². The van der Waals surface area contributed by atoms with E-state index in [9.17, 15) is 18.0 Å². The summed E-state index contributed by atoms with van der Waals surface area (Å²) in [6, 6.07) is 5.55. The van der Waals surface area contributed by atoms with E-state index in [1.807, 2.05) is 6.92 Å². The largest absolute Gasteiger partial charge is 0.355 e. The molecule has 3 N–H and O–H groups in total. The first-order valence-electron chi connectivity index (χ1n) is 6.64. The van der Waals surface area contributed by atoms with Crippen molar-refractivity contribution in [1.82, 2.24) is 15.4 Å². The predicted octanol–water partition coefficient (Wildman–Crippen LogP) is 0.261. The highest BCUT2D eigenvalue weighted by Gasteiger charge is 2.15. The summed E-state index contributed by atoms with van der Waals surface area (Å²) in [5, 5.41) is 5.32. The van der Waals surface area contributed by atoms with Gasteiger partial charge in [-0.15, -0.1) is 0 Å². The molecule has 1 aromatic carbocycles. The number of halogens is 1. The highest BCUT2D eigenvalue weighted by molar-refractivity contribution is 7.89. The molecular weight excluding hydrogens is 330 g/mol. The summed E-state index contributed by atoms with van der Waals surface area (Å²) < 4.78 is 26.0. The lowest BCUT2D eigenvalue weighted by atomic mass is 10.4. The molecule has 0 saturated heterocycles. The average molecular weight is 348 g/mol. The molecule has 2 amide bonds. The van der Waals surface area contributed by atoms with Crippen molar-refractivity contribution in [2.75, 3.05) is 19.6 Å². The van der Waals surface area contributed by atoms with Crippen molar-refractivity contribution < 1.29 is 18.0 Å². The van der Waals surface area contributed by atoms with Crippen LogP contribution in [-0.2, 0) is 19.6 Å². The van der Waals surface area contributed by atoms with Gasteiger partial charge in [-0.2, -0.15) is 0 Å². The standard InChI is InChI=1S/C13H18ClN3O4S/c1-2-7-15-12(18)8-16-13(19)9-17-22(20,21)11-5-3-10(14)4-6-11/h3-6,17H,2,7-9H2,1H3,(H,15,18)(H,16,19). The van der Waals surface area contributed by atoms with Gasteiger partial charge in [-0.3, -0.25) is 9.59 Å². The first-order valence-corrected chi connectivity index (χ1v) is 8.50. The number of carbonyl (C=O) groups excluding carboxylic acids is 2. The van der Waals surface area contributed by atoms with E-state index in [4.69, 9.17) is 11.6 Å². The molecule has 1 rings (SSSR count). The molecule has 22 heavy (non-hydrogen) atoms. The molecule has 0 saturated carbocycles. The molecule has 0 aliphatic rings. The number of nitrogens with one attached hydrogen (secondary N) is 3. The smallest absolute Gasteiger partial charge is 0.241 e. The molecule has 0 heterocycles. The lowest BCUT2D eigenvalue weighted by Gasteiger charge is -2.08. The van der Waals surface area contributed by atoms with Crippen LogP contribution in [0.4, 0.5) is 0 Å². The topological polar surface area (TPSA) is 104 Å². The van der Waals surface area contributed by atoms with Gasteiger partial charge in [0, 0.05) is 11.6 Å². The Morgan fingerprint density at radius 2 is 1.64 bits per heavy atom. The van der Waals surface area contributed by atoms with Crippen LogP contribution in [0.25, 0.3) is 0 Å². The molecule has 9 heteroatoms. The van der Waals surface area contributed by atoms with Crippen LogP contribution >= 0.6 is 11.6 Å². The third-order valence-corrected chi connectivity index (χ3v) is 4.23. The van der Waals surface area contributed by atoms with Gasteiger partial charge in [0.1, 0.15) is 0 Å². The zero-order chi connectivity index (χ0) is 16.6. The summed E-state index contributed by atoms with van der Waals surface area (Å²) in [6.07, 6.45) is 0.792. The van der Waals surface area contributed by atoms with E-state index in [-0.39, 0.29) is 17.3 Å². The molecule has 0 bridgehead atoms. The Bertz CT molecular complexity index is 617. The van der Waals surface area contributed by atoms with Crippen molar-refractivity contribution in [3.63, 3.8) is 0 Å². The molecule has 0 radical (unpaired) electrons. The van der Waals surface area contributed by atoms with E-state index < -0.39 is 22.5 Å². The zero-order valence-corrected chi connectivity index (χ0v) is 13.6. The maximum Gasteiger partial charge on any atom is 0.241 e. The second-order valence-corrected chi connectivity index (χ2v) is 6.61. The SMILES string of the molecule is CCCNC(=O)CNC(=O)CNS(=O)(=O)c1ccc(Cl)cc1. The van der Waals surface area contributed by atoms with Crippen LogP contribution in [0.5, 0.6) is 0 Å². The number of hydrogen-bond acceptors (Lipinski definition) is 4. The van der Waals surface area contributed by atoms with Gasteiger partial charge in [0.05, 0.1) is 18.0 Å². The van der Waals surface area contributed by atoms with Crippen molar-refractivity contribution >= 4 is 33.4 Å². The number of hydrogen-bond donors (Lipinski definition) is 3. The lowest BCUT2D eigenvalue weighted by Crippen LogP contribution is -2.42. The van der Waals surface area contributed by atoms with E-state index in [1.165, 1.54) is 24.3 Å². The highest BCUT2D eigenvalue weighted by atomic mass is 35.5. The van der Waals surface area contributed by atoms with Crippen molar-refractivity contribution in [2.45, 2.75) is 18.2 Å². The molecule has 1 aromatic rings. The van der Waals surface area contributed by atoms with Crippen molar-refractivity contribution in [1.29, 1.82) is 0 Å². The summed E-state index contributed by atoms with van der Waals surface area (Å²) in [4.78, 5) is 22.8. The molecule has 0 atom stereocenters. The van der Waals surface area contributed by atoms with Crippen molar-refractivity contribution in [3.05, 3.63) is 29.3 Å². The van der Waals surface area contributed by atoms with Gasteiger partial charge in [-0.1, -0.05) is 18.5 Å². The van der Waals surface area contributed by atoms with Crippen LogP contribution < -0.4 is 15.4 Å². The molecule has 0 fully saturated rings. The van der Waals surface area contributed by atoms with E-state index in [0.29, 0.717) is 11.6 Å². The minimum atomic E-state index is -3.79. The number of rotatable bonds is 8. The average Bonchev–Trinajstić information content (AvgIpc) is 2.49. The Morgan fingerprint density at radius 1 is 1.05 bits per heavy atom. The van der Waals surface area contributed by atoms with Crippen LogP contribution in [0.3, 0.4) is 0 Å². The Morgan fingerprint density at radius 3 is 2.23 bits per heavy atom. The summed E-state index contributed by atoms with van der Waals surface area (Å²) in [7, 11) is -3.79. The molecule has 0 aromatic heterocycles. The molecule has 7 nitrogen and oxygen atoms in total. The highest BCUT2D eigenvalue weighted by Crippen LogP contribution is 2.13. The normalized spacial score (nSPS) is 11.0. The minimum absolute atomic E-state index is 0.00499. The van der Waals surface area contributed by atoms with Crippen LogP contribution in [0.2, 0.25) is 5.02 Å². The Balaban J connectivity index is 2.43. The molecule has 0 aliphatic carbocycles. The third kappa shape index (κ3) is 6.42. The second kappa shape index (κ2) is 8.72. The number of benzene rings is 1. The van der Waals surface area contributed by atoms with Crippen LogP contribution in [0.15, 0.2) is 29.2 Å². The Hall–Kier alpha value is -1.64. The molecule has 0 aliphatic heterocycles. The third-order valence-electron chi connectivity index (χ3n) is 2.56. The van der Waals surface area contributed by atoms with E-state index in [1.54, 1.807) is 0 Å². The van der Waals surface area contributed by atoms with E-state index >= 15 is 0 Å². The second-order valence-electron chi connectivity index (χ2n) is 4.41. The fourth-order valence-electron chi connectivity index (χ4n) is 1.43. The predicted molar refractivity (Wildman–Crippen MR) is 83.0 cm³/mol.